The molecule has 0 aliphatic rings. The van der Waals surface area contributed by atoms with Gasteiger partial charge in [-0.3, -0.25) is 29.8 Å². The van der Waals surface area contributed by atoms with Crippen molar-refractivity contribution in [1.29, 1.82) is 0 Å². The number of benzene rings is 1. The Morgan fingerprint density at radius 1 is 1.21 bits per heavy atom. The average Bonchev–Trinajstić information content (AvgIpc) is 2.35. The maximum absolute atomic E-state index is 13.3. The predicted octanol–water partition coefficient (Wildman–Crippen LogP) is 1.61. The van der Waals surface area contributed by atoms with Gasteiger partial charge in [0.1, 0.15) is 5.56 Å². The highest BCUT2D eigenvalue weighted by Crippen LogP contribution is 2.31. The van der Waals surface area contributed by atoms with Crippen LogP contribution < -0.4 is 0 Å². The van der Waals surface area contributed by atoms with Gasteiger partial charge in [0.05, 0.1) is 9.85 Å². The van der Waals surface area contributed by atoms with Gasteiger partial charge in [0, 0.05) is 6.07 Å². The van der Waals surface area contributed by atoms with E-state index in [1.165, 1.54) is 0 Å². The van der Waals surface area contributed by atoms with Crippen LogP contribution in [0.1, 0.15) is 17.3 Å². The number of hydrogen-bond donors (Lipinski definition) is 0. The van der Waals surface area contributed by atoms with Crippen molar-refractivity contribution in [3.8, 4) is 0 Å². The minimum atomic E-state index is -2.58. The lowest BCUT2D eigenvalue weighted by atomic mass is 10.0. The van der Waals surface area contributed by atoms with E-state index >= 15 is 0 Å². The molecule has 1 aromatic carbocycles. The van der Waals surface area contributed by atoms with Crippen LogP contribution in [0.15, 0.2) is 18.2 Å². The number of nitrogens with zero attached hydrogens (tertiary/aromatic N) is 2. The number of carbonyl (C=O) groups excluding carboxylic acids is 2. The van der Waals surface area contributed by atoms with Gasteiger partial charge >= 0.3 is 11.4 Å². The quantitative estimate of drug-likeness (QED) is 0.347. The zero-order valence-corrected chi connectivity index (χ0v) is 9.53. The molecule has 0 amide bonds. The molecule has 1 rings (SSSR count). The molecule has 0 bridgehead atoms. The number of nitro benzene ring substituents is 2. The number of ketones is 2. The van der Waals surface area contributed by atoms with E-state index in [1.807, 2.05) is 0 Å². The van der Waals surface area contributed by atoms with E-state index in [2.05, 4.69) is 0 Å². The van der Waals surface area contributed by atoms with Gasteiger partial charge in [0.2, 0.25) is 12.0 Å². The maximum atomic E-state index is 13.3. The number of hydrogen-bond acceptors (Lipinski definition) is 6. The second-order valence-corrected chi connectivity index (χ2v) is 3.52. The van der Waals surface area contributed by atoms with Gasteiger partial charge < -0.3 is 0 Å². The van der Waals surface area contributed by atoms with Crippen LogP contribution in [-0.2, 0) is 4.79 Å². The van der Waals surface area contributed by atoms with E-state index in [4.69, 9.17) is 0 Å². The van der Waals surface area contributed by atoms with Crippen molar-refractivity contribution in [1.82, 2.24) is 0 Å². The topological polar surface area (TPSA) is 120 Å². The normalized spacial score (nSPS) is 11.7. The molecule has 0 aliphatic heterocycles. The Bertz CT molecular complexity index is 585. The molecule has 0 aliphatic carbocycles. The smallest absolute Gasteiger partial charge is 0.296 e. The van der Waals surface area contributed by atoms with E-state index in [0.717, 1.165) is 25.1 Å². The largest absolute Gasteiger partial charge is 0.356 e. The van der Waals surface area contributed by atoms with E-state index in [9.17, 15) is 34.2 Å². The molecule has 0 fully saturated rings. The molecule has 0 saturated heterocycles. The zero-order chi connectivity index (χ0) is 14.7. The lowest BCUT2D eigenvalue weighted by Gasteiger charge is -2.04. The SMILES string of the molecule is CC(=O)C(F)C(=O)c1cccc([N+](=O)[O-])c1[N+](=O)[O-]. The summed E-state index contributed by atoms with van der Waals surface area (Å²) in [6.45, 7) is 0.797. The lowest BCUT2D eigenvalue weighted by Crippen LogP contribution is -2.24. The summed E-state index contributed by atoms with van der Waals surface area (Å²) in [6, 6.07) is 2.68. The van der Waals surface area contributed by atoms with Crippen LogP contribution in [0.5, 0.6) is 0 Å². The number of carbonyl (C=O) groups is 2. The summed E-state index contributed by atoms with van der Waals surface area (Å²) in [7, 11) is 0. The average molecular weight is 270 g/mol. The first-order valence-electron chi connectivity index (χ1n) is 4.88. The van der Waals surface area contributed by atoms with Gasteiger partial charge in [-0.25, -0.2) is 4.39 Å². The summed E-state index contributed by atoms with van der Waals surface area (Å²) in [4.78, 5) is 41.5. The van der Waals surface area contributed by atoms with Gasteiger partial charge in [-0.1, -0.05) is 6.07 Å². The minimum absolute atomic E-state index is 0.797. The van der Waals surface area contributed by atoms with E-state index in [1.54, 1.807) is 0 Å². The van der Waals surface area contributed by atoms with Crippen LogP contribution in [0.3, 0.4) is 0 Å². The lowest BCUT2D eigenvalue weighted by molar-refractivity contribution is -0.422. The molecule has 9 heteroatoms. The molecule has 0 aromatic heterocycles. The molecule has 1 atom stereocenters. The number of nitro groups is 2. The molecule has 1 unspecified atom stereocenters. The molecular formula is C10H7FN2O6. The van der Waals surface area contributed by atoms with Gasteiger partial charge in [-0.15, -0.1) is 0 Å². The van der Waals surface area contributed by atoms with E-state index < -0.39 is 44.5 Å². The summed E-state index contributed by atoms with van der Waals surface area (Å²) >= 11 is 0. The molecule has 0 N–H and O–H groups in total. The number of alkyl halides is 1. The van der Waals surface area contributed by atoms with Crippen molar-refractivity contribution in [3.63, 3.8) is 0 Å². The van der Waals surface area contributed by atoms with Crippen molar-refractivity contribution < 1.29 is 23.8 Å². The monoisotopic (exact) mass is 270 g/mol. The predicted molar refractivity (Wildman–Crippen MR) is 59.7 cm³/mol. The van der Waals surface area contributed by atoms with Crippen LogP contribution in [-0.4, -0.2) is 27.6 Å². The summed E-state index contributed by atoms with van der Waals surface area (Å²) in [5.74, 6) is -2.60. The third kappa shape index (κ3) is 2.76. The number of halogens is 1. The Labute approximate surface area is 105 Å². The Morgan fingerprint density at radius 3 is 2.21 bits per heavy atom. The fourth-order valence-electron chi connectivity index (χ4n) is 1.39. The Hall–Kier alpha value is -2.71. The van der Waals surface area contributed by atoms with Crippen LogP contribution in [0, 0.1) is 20.2 Å². The van der Waals surface area contributed by atoms with Crippen LogP contribution in [0.25, 0.3) is 0 Å². The zero-order valence-electron chi connectivity index (χ0n) is 9.53. The van der Waals surface area contributed by atoms with Crippen molar-refractivity contribution in [3.05, 3.63) is 44.0 Å². The Balaban J connectivity index is 3.48. The number of Topliss-reactive ketones (excluding diaryl/α,β-unsaturated/α-hetero) is 2. The molecule has 0 saturated carbocycles. The highest BCUT2D eigenvalue weighted by molar-refractivity contribution is 6.14. The Morgan fingerprint density at radius 2 is 1.79 bits per heavy atom. The van der Waals surface area contributed by atoms with Crippen molar-refractivity contribution in [2.75, 3.05) is 0 Å². The Kier molecular flexibility index (Phi) is 4.00. The van der Waals surface area contributed by atoms with Gasteiger partial charge in [-0.2, -0.15) is 0 Å². The number of rotatable bonds is 5. The van der Waals surface area contributed by atoms with Crippen molar-refractivity contribution in [2.45, 2.75) is 13.1 Å². The summed E-state index contributed by atoms with van der Waals surface area (Å²) in [5, 5.41) is 21.4. The molecule has 0 spiro atoms. The minimum Gasteiger partial charge on any atom is -0.296 e. The second kappa shape index (κ2) is 5.29. The van der Waals surface area contributed by atoms with Crippen LogP contribution in [0.2, 0.25) is 0 Å². The van der Waals surface area contributed by atoms with Gasteiger partial charge in [-0.05, 0) is 13.0 Å². The fourth-order valence-corrected chi connectivity index (χ4v) is 1.39. The molecule has 0 heterocycles. The van der Waals surface area contributed by atoms with E-state index in [-0.39, 0.29) is 0 Å². The van der Waals surface area contributed by atoms with E-state index in [0.29, 0.717) is 0 Å². The molecule has 8 nitrogen and oxygen atoms in total. The molecule has 1 aromatic rings. The van der Waals surface area contributed by atoms with Crippen LogP contribution in [0.4, 0.5) is 15.8 Å². The van der Waals surface area contributed by atoms with Crippen LogP contribution >= 0.6 is 0 Å². The first-order valence-corrected chi connectivity index (χ1v) is 4.88. The highest BCUT2D eigenvalue weighted by atomic mass is 19.1. The highest BCUT2D eigenvalue weighted by Gasteiger charge is 2.35. The summed E-state index contributed by atoms with van der Waals surface area (Å²) < 4.78 is 13.3. The first-order chi connectivity index (χ1) is 8.77. The third-order valence-corrected chi connectivity index (χ3v) is 2.25. The van der Waals surface area contributed by atoms with Crippen molar-refractivity contribution in [2.24, 2.45) is 0 Å². The standard InChI is InChI=1S/C10H7FN2O6/c1-5(14)8(11)10(15)6-3-2-4-7(12(16)17)9(6)13(18)19/h2-4,8H,1H3. The van der Waals surface area contributed by atoms with Crippen molar-refractivity contribution >= 4 is 22.9 Å². The summed E-state index contributed by atoms with van der Waals surface area (Å²) in [5.41, 5.74) is -2.87. The second-order valence-electron chi connectivity index (χ2n) is 3.52. The molecule has 100 valence electrons. The van der Waals surface area contributed by atoms with Gasteiger partial charge in [0.25, 0.3) is 0 Å². The first kappa shape index (κ1) is 14.4. The summed E-state index contributed by atoms with van der Waals surface area (Å²) in [6.07, 6.45) is -2.58. The third-order valence-electron chi connectivity index (χ3n) is 2.25. The fraction of sp³-hybridized carbons (Fsp3) is 0.200. The molecular weight excluding hydrogens is 263 g/mol. The number of para-hydroxylation sites is 1. The maximum Gasteiger partial charge on any atom is 0.356 e. The molecule has 0 radical (unpaired) electrons. The van der Waals surface area contributed by atoms with Gasteiger partial charge in [0.15, 0.2) is 5.78 Å². The molecule has 19 heavy (non-hydrogen) atoms.